The zero-order valence-electron chi connectivity index (χ0n) is 12.8. The average molecular weight is 301 g/mol. The van der Waals surface area contributed by atoms with E-state index in [0.717, 1.165) is 5.75 Å². The highest BCUT2D eigenvalue weighted by Gasteiger charge is 2.21. The van der Waals surface area contributed by atoms with Crippen molar-refractivity contribution in [2.75, 3.05) is 13.7 Å². The number of para-hydroxylation sites is 1. The minimum atomic E-state index is 0.225. The van der Waals surface area contributed by atoms with Crippen molar-refractivity contribution >= 4 is 11.3 Å². The standard InChI is InChI=1S/C18H23NOS/c1-3-20-15-10-6-5-9-14(15)18(19-2)17-12-13-8-4-7-11-16(13)21-17/h5-6,9-10,12,18-19H,3-4,7-8,11H2,1-2H3. The highest BCUT2D eigenvalue weighted by atomic mass is 32.1. The lowest BCUT2D eigenvalue weighted by Gasteiger charge is -2.18. The van der Waals surface area contributed by atoms with E-state index in [4.69, 9.17) is 4.74 Å². The summed E-state index contributed by atoms with van der Waals surface area (Å²) in [7, 11) is 2.03. The molecule has 1 aromatic carbocycles. The molecule has 1 aliphatic carbocycles. The topological polar surface area (TPSA) is 21.3 Å². The summed E-state index contributed by atoms with van der Waals surface area (Å²) >= 11 is 1.97. The summed E-state index contributed by atoms with van der Waals surface area (Å²) in [6.07, 6.45) is 5.18. The first-order valence-corrected chi connectivity index (χ1v) is 8.65. The zero-order chi connectivity index (χ0) is 14.7. The first kappa shape index (κ1) is 14.6. The molecule has 2 nitrogen and oxygen atoms in total. The third-order valence-corrected chi connectivity index (χ3v) is 5.42. The number of ether oxygens (including phenoxy) is 1. The molecule has 1 N–H and O–H groups in total. The summed E-state index contributed by atoms with van der Waals surface area (Å²) < 4.78 is 5.81. The molecular weight excluding hydrogens is 278 g/mol. The summed E-state index contributed by atoms with van der Waals surface area (Å²) in [6.45, 7) is 2.74. The Hall–Kier alpha value is -1.32. The summed E-state index contributed by atoms with van der Waals surface area (Å²) in [4.78, 5) is 3.00. The molecule has 0 aliphatic heterocycles. The van der Waals surface area contributed by atoms with Crippen LogP contribution in [0.25, 0.3) is 0 Å². The Labute approximate surface area is 131 Å². The molecule has 3 heteroatoms. The molecule has 3 rings (SSSR count). The van der Waals surface area contributed by atoms with E-state index in [1.54, 1.807) is 10.4 Å². The summed E-state index contributed by atoms with van der Waals surface area (Å²) in [5.74, 6) is 0.991. The molecule has 1 unspecified atom stereocenters. The van der Waals surface area contributed by atoms with Gasteiger partial charge in [0, 0.05) is 15.3 Å². The van der Waals surface area contributed by atoms with Crippen LogP contribution in [0.4, 0.5) is 0 Å². The van der Waals surface area contributed by atoms with Crippen LogP contribution in [-0.4, -0.2) is 13.7 Å². The molecule has 1 aliphatic rings. The summed E-state index contributed by atoms with van der Waals surface area (Å²) in [5.41, 5.74) is 2.80. The lowest BCUT2D eigenvalue weighted by molar-refractivity contribution is 0.334. The smallest absolute Gasteiger partial charge is 0.124 e. The quantitative estimate of drug-likeness (QED) is 0.887. The van der Waals surface area contributed by atoms with E-state index in [1.165, 1.54) is 36.1 Å². The molecule has 0 bridgehead atoms. The largest absolute Gasteiger partial charge is 0.494 e. The molecule has 112 valence electrons. The van der Waals surface area contributed by atoms with E-state index in [0.29, 0.717) is 6.61 Å². The van der Waals surface area contributed by atoms with Gasteiger partial charge in [-0.05, 0) is 57.4 Å². The van der Waals surface area contributed by atoms with Crippen LogP contribution >= 0.6 is 11.3 Å². The summed E-state index contributed by atoms with van der Waals surface area (Å²) in [6, 6.07) is 11.0. The van der Waals surface area contributed by atoms with Crippen molar-refractivity contribution in [3.8, 4) is 5.75 Å². The molecule has 1 atom stereocenters. The van der Waals surface area contributed by atoms with Crippen molar-refractivity contribution in [3.63, 3.8) is 0 Å². The molecule has 0 spiro atoms. The van der Waals surface area contributed by atoms with Gasteiger partial charge in [0.15, 0.2) is 0 Å². The fourth-order valence-electron chi connectivity index (χ4n) is 3.11. The SMILES string of the molecule is CCOc1ccccc1C(NC)c1cc2c(s1)CCCC2. The fraction of sp³-hybridized carbons (Fsp3) is 0.444. The first-order chi connectivity index (χ1) is 10.3. The van der Waals surface area contributed by atoms with Gasteiger partial charge in [-0.3, -0.25) is 0 Å². The maximum Gasteiger partial charge on any atom is 0.124 e. The molecule has 0 saturated carbocycles. The van der Waals surface area contributed by atoms with Crippen LogP contribution in [0.15, 0.2) is 30.3 Å². The van der Waals surface area contributed by atoms with Crippen LogP contribution in [0.3, 0.4) is 0 Å². The number of aryl methyl sites for hydroxylation is 2. The van der Waals surface area contributed by atoms with E-state index < -0.39 is 0 Å². The number of rotatable bonds is 5. The van der Waals surface area contributed by atoms with E-state index in [2.05, 4.69) is 29.6 Å². The fourth-order valence-corrected chi connectivity index (χ4v) is 4.50. The van der Waals surface area contributed by atoms with Crippen LogP contribution in [0.5, 0.6) is 5.75 Å². The number of thiophene rings is 1. The van der Waals surface area contributed by atoms with Gasteiger partial charge in [0.25, 0.3) is 0 Å². The summed E-state index contributed by atoms with van der Waals surface area (Å²) in [5, 5.41) is 3.47. The number of hydrogen-bond donors (Lipinski definition) is 1. The van der Waals surface area contributed by atoms with Gasteiger partial charge in [-0.1, -0.05) is 18.2 Å². The van der Waals surface area contributed by atoms with Crippen LogP contribution in [0.1, 0.15) is 46.7 Å². The van der Waals surface area contributed by atoms with Crippen molar-refractivity contribution < 1.29 is 4.74 Å². The van der Waals surface area contributed by atoms with E-state index in [9.17, 15) is 0 Å². The van der Waals surface area contributed by atoms with Gasteiger partial charge < -0.3 is 10.1 Å². The Morgan fingerprint density at radius 3 is 2.81 bits per heavy atom. The van der Waals surface area contributed by atoms with Crippen LogP contribution in [-0.2, 0) is 12.8 Å². The highest BCUT2D eigenvalue weighted by Crippen LogP contribution is 2.37. The van der Waals surface area contributed by atoms with Crippen molar-refractivity contribution in [1.29, 1.82) is 0 Å². The van der Waals surface area contributed by atoms with Crippen molar-refractivity contribution in [1.82, 2.24) is 5.32 Å². The molecule has 0 amide bonds. The Morgan fingerprint density at radius 1 is 1.24 bits per heavy atom. The Bertz CT molecular complexity index is 582. The average Bonchev–Trinajstić information content (AvgIpc) is 2.93. The highest BCUT2D eigenvalue weighted by molar-refractivity contribution is 7.12. The van der Waals surface area contributed by atoms with E-state index >= 15 is 0 Å². The van der Waals surface area contributed by atoms with Crippen LogP contribution in [0, 0.1) is 0 Å². The van der Waals surface area contributed by atoms with E-state index in [1.807, 2.05) is 31.4 Å². The maximum atomic E-state index is 5.81. The molecule has 0 fully saturated rings. The lowest BCUT2D eigenvalue weighted by Crippen LogP contribution is -2.17. The Kier molecular flexibility index (Phi) is 4.61. The minimum absolute atomic E-state index is 0.225. The predicted octanol–water partition coefficient (Wildman–Crippen LogP) is 4.33. The Balaban J connectivity index is 1.96. The number of fused-ring (bicyclic) bond motifs is 1. The first-order valence-electron chi connectivity index (χ1n) is 7.84. The third-order valence-electron chi connectivity index (χ3n) is 4.12. The molecule has 1 aromatic heterocycles. The van der Waals surface area contributed by atoms with Gasteiger partial charge in [-0.25, -0.2) is 0 Å². The van der Waals surface area contributed by atoms with Gasteiger partial charge in [0.2, 0.25) is 0 Å². The monoisotopic (exact) mass is 301 g/mol. The van der Waals surface area contributed by atoms with Gasteiger partial charge in [-0.15, -0.1) is 11.3 Å². The third kappa shape index (κ3) is 2.99. The molecule has 0 saturated heterocycles. The maximum absolute atomic E-state index is 5.81. The van der Waals surface area contributed by atoms with Gasteiger partial charge in [0.05, 0.1) is 12.6 Å². The Morgan fingerprint density at radius 2 is 2.05 bits per heavy atom. The number of hydrogen-bond acceptors (Lipinski definition) is 3. The molecule has 1 heterocycles. The van der Waals surface area contributed by atoms with E-state index in [-0.39, 0.29) is 6.04 Å². The van der Waals surface area contributed by atoms with Crippen molar-refractivity contribution in [3.05, 3.63) is 51.2 Å². The van der Waals surface area contributed by atoms with Gasteiger partial charge in [0.1, 0.15) is 5.75 Å². The normalized spacial score (nSPS) is 15.5. The van der Waals surface area contributed by atoms with Crippen molar-refractivity contribution in [2.45, 2.75) is 38.6 Å². The van der Waals surface area contributed by atoms with Crippen LogP contribution in [0.2, 0.25) is 0 Å². The zero-order valence-corrected chi connectivity index (χ0v) is 13.6. The lowest BCUT2D eigenvalue weighted by atomic mass is 9.97. The second kappa shape index (κ2) is 6.63. The number of nitrogens with one attached hydrogen (secondary N) is 1. The molecular formula is C18H23NOS. The predicted molar refractivity (Wildman–Crippen MR) is 89.5 cm³/mol. The van der Waals surface area contributed by atoms with Gasteiger partial charge in [-0.2, -0.15) is 0 Å². The van der Waals surface area contributed by atoms with Crippen molar-refractivity contribution in [2.24, 2.45) is 0 Å². The van der Waals surface area contributed by atoms with Crippen LogP contribution < -0.4 is 10.1 Å². The molecule has 2 aromatic rings. The van der Waals surface area contributed by atoms with Gasteiger partial charge >= 0.3 is 0 Å². The number of benzene rings is 1. The molecule has 21 heavy (non-hydrogen) atoms. The second-order valence-electron chi connectivity index (χ2n) is 5.50. The minimum Gasteiger partial charge on any atom is -0.494 e. The molecule has 0 radical (unpaired) electrons. The second-order valence-corrected chi connectivity index (χ2v) is 6.67.